The summed E-state index contributed by atoms with van der Waals surface area (Å²) in [4.78, 5) is 79.7. The number of aryl methyl sites for hydroxylation is 2. The van der Waals surface area contributed by atoms with Gasteiger partial charge in [0.1, 0.15) is 18.3 Å². The number of piperazine rings is 1. The zero-order valence-electron chi connectivity index (χ0n) is 34.1. The van der Waals surface area contributed by atoms with Crippen molar-refractivity contribution >= 4 is 47.1 Å². The van der Waals surface area contributed by atoms with Crippen LogP contribution in [0.3, 0.4) is 0 Å². The monoisotopic (exact) mass is 854 g/mol. The van der Waals surface area contributed by atoms with Gasteiger partial charge in [-0.15, -0.1) is 0 Å². The van der Waals surface area contributed by atoms with Crippen molar-refractivity contribution in [3.63, 3.8) is 0 Å². The number of nitrogens with zero attached hydrogens (tertiary/aromatic N) is 6. The van der Waals surface area contributed by atoms with E-state index in [0.717, 1.165) is 47.9 Å². The van der Waals surface area contributed by atoms with E-state index >= 15 is 0 Å². The fourth-order valence-corrected chi connectivity index (χ4v) is 8.63. The van der Waals surface area contributed by atoms with Crippen LogP contribution in [0.5, 0.6) is 5.88 Å². The zero-order chi connectivity index (χ0) is 43.7. The Balaban J connectivity index is 0.923. The third-order valence-electron chi connectivity index (χ3n) is 11.9. The molecule has 4 aliphatic heterocycles. The number of amides is 5. The molecule has 4 aromatic rings. The van der Waals surface area contributed by atoms with Gasteiger partial charge in [0.2, 0.25) is 24.1 Å². The van der Waals surface area contributed by atoms with Crippen molar-refractivity contribution in [1.82, 2.24) is 25.1 Å². The standard InChI is InChI=1S/C44H45F3N8O7/c1-26-6-7-32(20-35(26)43(60)55(25-56)37-8-9-39(57)51-41(37)59)54-24-33-19-34(54)23-53(33)12-15-62-42-38(52-10-13-61-14-11-52)17-29(21-49-42)36-18-31(22-48-27(36)2)50-40(58)28-4-3-5-30(16-28)44(45,46)47/h3-7,16-18,20-22,25,33-34,37H,8-15,19,23-24H2,1-2H3,(H,50,58)(H,51,57,59). The molecule has 8 rings (SSSR count). The second-order valence-electron chi connectivity index (χ2n) is 15.9. The van der Waals surface area contributed by atoms with Crippen LogP contribution in [-0.2, 0) is 25.3 Å². The van der Waals surface area contributed by atoms with E-state index in [4.69, 9.17) is 14.5 Å². The van der Waals surface area contributed by atoms with Crippen LogP contribution in [0.15, 0.2) is 67.0 Å². The number of nitrogens with one attached hydrogen (secondary N) is 2. The third-order valence-corrected chi connectivity index (χ3v) is 11.9. The van der Waals surface area contributed by atoms with E-state index in [9.17, 15) is 37.1 Å². The summed E-state index contributed by atoms with van der Waals surface area (Å²) in [5.74, 6) is -1.92. The molecular formula is C44H45F3N8O7. The van der Waals surface area contributed by atoms with E-state index in [1.54, 1.807) is 25.3 Å². The highest BCUT2D eigenvalue weighted by atomic mass is 19.4. The Morgan fingerprint density at radius 1 is 1.02 bits per heavy atom. The molecule has 15 nitrogen and oxygen atoms in total. The van der Waals surface area contributed by atoms with E-state index in [1.165, 1.54) is 18.3 Å². The van der Waals surface area contributed by atoms with Crippen LogP contribution in [0.1, 0.15) is 56.8 Å². The number of morpholine rings is 1. The van der Waals surface area contributed by atoms with Crippen molar-refractivity contribution < 1.29 is 46.6 Å². The largest absolute Gasteiger partial charge is 0.475 e. The molecule has 0 spiro atoms. The van der Waals surface area contributed by atoms with Gasteiger partial charge < -0.3 is 24.6 Å². The lowest BCUT2D eigenvalue weighted by atomic mass is 10.0. The highest BCUT2D eigenvalue weighted by molar-refractivity contribution is 6.08. The zero-order valence-corrected chi connectivity index (χ0v) is 34.1. The molecule has 2 aromatic carbocycles. The summed E-state index contributed by atoms with van der Waals surface area (Å²) in [7, 11) is 0. The summed E-state index contributed by atoms with van der Waals surface area (Å²) in [6.07, 6.45) is -0.0515. The Hall–Kier alpha value is -6.40. The molecule has 4 saturated heterocycles. The molecule has 62 heavy (non-hydrogen) atoms. The molecule has 2 N–H and O–H groups in total. The number of rotatable bonds is 12. The number of likely N-dealkylation sites (tertiary alicyclic amines) is 1. The minimum absolute atomic E-state index is 0.0421. The number of aromatic nitrogens is 2. The average Bonchev–Trinajstić information content (AvgIpc) is 3.87. The number of piperidine rings is 1. The van der Waals surface area contributed by atoms with Crippen molar-refractivity contribution in [2.24, 2.45) is 0 Å². The van der Waals surface area contributed by atoms with Crippen molar-refractivity contribution in [1.29, 1.82) is 0 Å². The van der Waals surface area contributed by atoms with Gasteiger partial charge in [-0.2, -0.15) is 13.2 Å². The maximum atomic E-state index is 13.6. The Morgan fingerprint density at radius 2 is 1.82 bits per heavy atom. The lowest BCUT2D eigenvalue weighted by Crippen LogP contribution is -2.54. The first-order chi connectivity index (χ1) is 29.8. The number of imide groups is 2. The Morgan fingerprint density at radius 3 is 2.55 bits per heavy atom. The smallest absolute Gasteiger partial charge is 0.416 e. The molecule has 0 radical (unpaired) electrons. The normalized spacial score (nSPS) is 20.2. The fourth-order valence-electron chi connectivity index (χ4n) is 8.63. The number of hydrogen-bond acceptors (Lipinski definition) is 12. The quantitative estimate of drug-likeness (QED) is 0.150. The number of benzene rings is 2. The van der Waals surface area contributed by atoms with Gasteiger partial charge >= 0.3 is 6.18 Å². The predicted octanol–water partition coefficient (Wildman–Crippen LogP) is 4.61. The minimum atomic E-state index is -4.58. The van der Waals surface area contributed by atoms with Gasteiger partial charge in [0.25, 0.3) is 11.8 Å². The molecule has 3 atom stereocenters. The number of carbonyl (C=O) groups is 5. The van der Waals surface area contributed by atoms with Gasteiger partial charge in [0, 0.05) is 91.1 Å². The number of ether oxygens (including phenoxy) is 2. The topological polar surface area (TPSA) is 167 Å². The van der Waals surface area contributed by atoms with Gasteiger partial charge in [0.15, 0.2) is 0 Å². The molecule has 4 fully saturated rings. The molecular weight excluding hydrogens is 810 g/mol. The SMILES string of the molecule is Cc1ccc(N2CC3CC2CN3CCOc2ncc(-c3cc(NC(=O)c4cccc(C(F)(F)F)c4)cnc3C)cc2N2CCOCC2)cc1C(=O)N(C=O)C1CCC(=O)NC1=O. The molecule has 4 aliphatic rings. The number of hydrogen-bond donors (Lipinski definition) is 2. The molecule has 5 amide bonds. The van der Waals surface area contributed by atoms with E-state index in [1.807, 2.05) is 25.1 Å². The number of fused-ring (bicyclic) bond motifs is 2. The number of alkyl halides is 3. The molecule has 2 bridgehead atoms. The molecule has 2 aromatic heterocycles. The number of pyridine rings is 2. The number of halogens is 3. The van der Waals surface area contributed by atoms with Crippen LogP contribution < -0.4 is 25.2 Å². The number of carbonyl (C=O) groups excluding carboxylic acids is 5. The van der Waals surface area contributed by atoms with E-state index < -0.39 is 41.4 Å². The summed E-state index contributed by atoms with van der Waals surface area (Å²) < 4.78 is 51.9. The van der Waals surface area contributed by atoms with Crippen molar-refractivity contribution in [2.75, 3.05) is 67.7 Å². The average molecular weight is 855 g/mol. The first-order valence-electron chi connectivity index (χ1n) is 20.4. The molecule has 0 saturated carbocycles. The second-order valence-corrected chi connectivity index (χ2v) is 15.9. The van der Waals surface area contributed by atoms with Crippen LogP contribution in [-0.4, -0.2) is 120 Å². The Labute approximate surface area is 355 Å². The minimum Gasteiger partial charge on any atom is -0.475 e. The maximum absolute atomic E-state index is 13.6. The van der Waals surface area contributed by atoms with Gasteiger partial charge in [-0.1, -0.05) is 12.1 Å². The van der Waals surface area contributed by atoms with Crippen LogP contribution in [0.4, 0.5) is 30.2 Å². The maximum Gasteiger partial charge on any atom is 0.416 e. The van der Waals surface area contributed by atoms with E-state index in [-0.39, 0.29) is 30.5 Å². The van der Waals surface area contributed by atoms with Gasteiger partial charge in [-0.05, 0) is 74.7 Å². The third kappa shape index (κ3) is 8.83. The van der Waals surface area contributed by atoms with Crippen LogP contribution in [0.2, 0.25) is 0 Å². The molecule has 18 heteroatoms. The lowest BCUT2D eigenvalue weighted by Gasteiger charge is -2.36. The van der Waals surface area contributed by atoms with Crippen LogP contribution >= 0.6 is 0 Å². The van der Waals surface area contributed by atoms with Gasteiger partial charge in [0.05, 0.1) is 30.7 Å². The fraction of sp³-hybridized carbons (Fsp3) is 0.386. The lowest BCUT2D eigenvalue weighted by molar-refractivity contribution is -0.139. The van der Waals surface area contributed by atoms with Crippen molar-refractivity contribution in [2.45, 2.75) is 57.4 Å². The van der Waals surface area contributed by atoms with Gasteiger partial charge in [-0.3, -0.25) is 44.1 Å². The summed E-state index contributed by atoms with van der Waals surface area (Å²) >= 11 is 0. The van der Waals surface area contributed by atoms with Crippen molar-refractivity contribution in [3.8, 4) is 17.0 Å². The molecule has 6 heterocycles. The Kier molecular flexibility index (Phi) is 12.0. The number of anilines is 3. The van der Waals surface area contributed by atoms with Gasteiger partial charge in [-0.25, -0.2) is 4.98 Å². The second kappa shape index (κ2) is 17.5. The highest BCUT2D eigenvalue weighted by Crippen LogP contribution is 2.37. The highest BCUT2D eigenvalue weighted by Gasteiger charge is 2.43. The molecule has 0 aliphatic carbocycles. The van der Waals surface area contributed by atoms with Crippen molar-refractivity contribution in [3.05, 3.63) is 94.9 Å². The van der Waals surface area contributed by atoms with E-state index in [2.05, 4.69) is 30.3 Å². The predicted molar refractivity (Wildman–Crippen MR) is 221 cm³/mol. The Bertz CT molecular complexity index is 2410. The summed E-state index contributed by atoms with van der Waals surface area (Å²) in [5.41, 5.74) is 3.93. The van der Waals surface area contributed by atoms with E-state index in [0.29, 0.717) is 85.4 Å². The van der Waals surface area contributed by atoms with Crippen LogP contribution in [0, 0.1) is 13.8 Å². The molecule has 324 valence electrons. The first kappa shape index (κ1) is 42.3. The first-order valence-corrected chi connectivity index (χ1v) is 20.4. The molecule has 3 unspecified atom stereocenters. The summed E-state index contributed by atoms with van der Waals surface area (Å²) in [6, 6.07) is 12.9. The summed E-state index contributed by atoms with van der Waals surface area (Å²) in [5, 5.41) is 4.89. The summed E-state index contributed by atoms with van der Waals surface area (Å²) in [6.45, 7) is 8.42. The van der Waals surface area contributed by atoms with Crippen LogP contribution in [0.25, 0.3) is 11.1 Å².